The Bertz CT molecular complexity index is 510. The molecule has 0 aliphatic heterocycles. The summed E-state index contributed by atoms with van der Waals surface area (Å²) in [6.45, 7) is 4.57. The van der Waals surface area contributed by atoms with E-state index in [0.717, 1.165) is 24.1 Å². The third-order valence-electron chi connectivity index (χ3n) is 3.96. The summed E-state index contributed by atoms with van der Waals surface area (Å²) >= 11 is 0. The molecule has 1 amide bonds. The highest BCUT2D eigenvalue weighted by Crippen LogP contribution is 2.40. The SMILES string of the molecule is CCN(C(=O)C1(C#N)CCCC1)c1cccc(C)c1. The van der Waals surface area contributed by atoms with Gasteiger partial charge in [0.05, 0.1) is 6.07 Å². The highest BCUT2D eigenvalue weighted by atomic mass is 16.2. The molecule has 19 heavy (non-hydrogen) atoms. The molecule has 3 nitrogen and oxygen atoms in total. The molecule has 1 fully saturated rings. The molecule has 0 heterocycles. The predicted molar refractivity (Wildman–Crippen MR) is 75.7 cm³/mol. The molecule has 0 spiro atoms. The molecule has 0 atom stereocenters. The van der Waals surface area contributed by atoms with Crippen LogP contribution in [0.1, 0.15) is 38.2 Å². The second-order valence-corrected chi connectivity index (χ2v) is 5.29. The lowest BCUT2D eigenvalue weighted by Gasteiger charge is -2.29. The zero-order chi connectivity index (χ0) is 13.9. The van der Waals surface area contributed by atoms with Crippen LogP contribution in [-0.2, 0) is 4.79 Å². The first-order valence-electron chi connectivity index (χ1n) is 6.93. The summed E-state index contributed by atoms with van der Waals surface area (Å²) in [4.78, 5) is 14.5. The van der Waals surface area contributed by atoms with Gasteiger partial charge in [-0.15, -0.1) is 0 Å². The minimum absolute atomic E-state index is 0.0272. The van der Waals surface area contributed by atoms with E-state index in [9.17, 15) is 10.1 Å². The van der Waals surface area contributed by atoms with Crippen LogP contribution in [0.3, 0.4) is 0 Å². The summed E-state index contributed by atoms with van der Waals surface area (Å²) in [5.74, 6) is -0.0272. The van der Waals surface area contributed by atoms with E-state index in [2.05, 4.69) is 6.07 Å². The van der Waals surface area contributed by atoms with Crippen molar-refractivity contribution in [3.63, 3.8) is 0 Å². The molecule has 0 bridgehead atoms. The highest BCUT2D eigenvalue weighted by Gasteiger charge is 2.44. The van der Waals surface area contributed by atoms with Crippen LogP contribution >= 0.6 is 0 Å². The zero-order valence-corrected chi connectivity index (χ0v) is 11.6. The van der Waals surface area contributed by atoms with Crippen molar-refractivity contribution in [2.24, 2.45) is 5.41 Å². The van der Waals surface area contributed by atoms with Crippen molar-refractivity contribution < 1.29 is 4.79 Å². The molecule has 1 saturated carbocycles. The van der Waals surface area contributed by atoms with Crippen molar-refractivity contribution >= 4 is 11.6 Å². The highest BCUT2D eigenvalue weighted by molar-refractivity contribution is 5.99. The third-order valence-corrected chi connectivity index (χ3v) is 3.96. The molecule has 0 unspecified atom stereocenters. The molecule has 0 aromatic heterocycles. The van der Waals surface area contributed by atoms with Gasteiger partial charge in [-0.3, -0.25) is 4.79 Å². The summed E-state index contributed by atoms with van der Waals surface area (Å²) < 4.78 is 0. The maximum Gasteiger partial charge on any atom is 0.247 e. The maximum atomic E-state index is 12.7. The first kappa shape index (κ1) is 13.6. The minimum atomic E-state index is -0.792. The van der Waals surface area contributed by atoms with Crippen molar-refractivity contribution in [3.8, 4) is 6.07 Å². The first-order chi connectivity index (χ1) is 9.13. The van der Waals surface area contributed by atoms with E-state index >= 15 is 0 Å². The van der Waals surface area contributed by atoms with Gasteiger partial charge < -0.3 is 4.90 Å². The Kier molecular flexibility index (Phi) is 3.90. The number of aryl methyl sites for hydroxylation is 1. The number of amides is 1. The van der Waals surface area contributed by atoms with Crippen LogP contribution in [0.2, 0.25) is 0 Å². The minimum Gasteiger partial charge on any atom is -0.311 e. The fraction of sp³-hybridized carbons (Fsp3) is 0.500. The maximum absolute atomic E-state index is 12.7. The number of rotatable bonds is 3. The van der Waals surface area contributed by atoms with Crippen molar-refractivity contribution in [1.82, 2.24) is 0 Å². The molecule has 1 aliphatic carbocycles. The Balaban J connectivity index is 2.32. The number of nitriles is 1. The average Bonchev–Trinajstić information content (AvgIpc) is 2.89. The van der Waals surface area contributed by atoms with E-state index in [1.165, 1.54) is 0 Å². The molecule has 2 rings (SSSR count). The quantitative estimate of drug-likeness (QED) is 0.831. The molecule has 3 heteroatoms. The van der Waals surface area contributed by atoms with Gasteiger partial charge in [-0.05, 0) is 44.4 Å². The molecule has 1 aromatic rings. The Hall–Kier alpha value is -1.82. The van der Waals surface area contributed by atoms with Gasteiger partial charge in [0, 0.05) is 12.2 Å². The van der Waals surface area contributed by atoms with E-state index in [0.29, 0.717) is 19.4 Å². The average molecular weight is 256 g/mol. The van der Waals surface area contributed by atoms with Crippen molar-refractivity contribution in [2.45, 2.75) is 39.5 Å². The molecule has 0 radical (unpaired) electrons. The molecule has 1 aliphatic rings. The van der Waals surface area contributed by atoms with Gasteiger partial charge in [0.25, 0.3) is 0 Å². The van der Waals surface area contributed by atoms with E-state index in [-0.39, 0.29) is 5.91 Å². The summed E-state index contributed by atoms with van der Waals surface area (Å²) in [5.41, 5.74) is 1.23. The van der Waals surface area contributed by atoms with Crippen LogP contribution < -0.4 is 4.90 Å². The largest absolute Gasteiger partial charge is 0.311 e. The standard InChI is InChI=1S/C16H20N2O/c1-3-18(14-8-6-7-13(2)11-14)15(19)16(12-17)9-4-5-10-16/h6-8,11H,3-5,9-10H2,1-2H3. The number of anilines is 1. The molecule has 100 valence electrons. The number of carbonyl (C=O) groups is 1. The van der Waals surface area contributed by atoms with Gasteiger partial charge in [-0.1, -0.05) is 25.0 Å². The molecular weight excluding hydrogens is 236 g/mol. The fourth-order valence-corrected chi connectivity index (χ4v) is 2.85. The van der Waals surface area contributed by atoms with Gasteiger partial charge in [0.1, 0.15) is 5.41 Å². The lowest BCUT2D eigenvalue weighted by Crippen LogP contribution is -2.42. The van der Waals surface area contributed by atoms with Crippen LogP contribution in [0.4, 0.5) is 5.69 Å². The van der Waals surface area contributed by atoms with E-state index < -0.39 is 5.41 Å². The molecular formula is C16H20N2O. The van der Waals surface area contributed by atoms with Crippen LogP contribution in [0.25, 0.3) is 0 Å². The first-order valence-corrected chi connectivity index (χ1v) is 6.93. The number of hydrogen-bond donors (Lipinski definition) is 0. The van der Waals surface area contributed by atoms with Gasteiger partial charge in [-0.25, -0.2) is 0 Å². The Morgan fingerprint density at radius 1 is 1.42 bits per heavy atom. The molecule has 0 saturated heterocycles. The van der Waals surface area contributed by atoms with Crippen molar-refractivity contribution in [2.75, 3.05) is 11.4 Å². The second-order valence-electron chi connectivity index (χ2n) is 5.29. The van der Waals surface area contributed by atoms with E-state index in [1.807, 2.05) is 38.1 Å². The lowest BCUT2D eigenvalue weighted by atomic mass is 9.86. The summed E-state index contributed by atoms with van der Waals surface area (Å²) in [6.07, 6.45) is 3.35. The number of benzene rings is 1. The Morgan fingerprint density at radius 2 is 2.11 bits per heavy atom. The van der Waals surface area contributed by atoms with Gasteiger partial charge in [-0.2, -0.15) is 5.26 Å². The van der Waals surface area contributed by atoms with Gasteiger partial charge in [0.15, 0.2) is 0 Å². The fourth-order valence-electron chi connectivity index (χ4n) is 2.85. The van der Waals surface area contributed by atoms with Crippen LogP contribution in [-0.4, -0.2) is 12.5 Å². The summed E-state index contributed by atoms with van der Waals surface area (Å²) in [6, 6.07) is 10.2. The Morgan fingerprint density at radius 3 is 2.63 bits per heavy atom. The van der Waals surface area contributed by atoms with Gasteiger partial charge in [0.2, 0.25) is 5.91 Å². The zero-order valence-electron chi connectivity index (χ0n) is 11.6. The Labute approximate surface area is 114 Å². The number of hydrogen-bond acceptors (Lipinski definition) is 2. The monoisotopic (exact) mass is 256 g/mol. The molecule has 0 N–H and O–H groups in total. The number of carbonyl (C=O) groups excluding carboxylic acids is 1. The van der Waals surface area contributed by atoms with Gasteiger partial charge >= 0.3 is 0 Å². The van der Waals surface area contributed by atoms with Crippen LogP contribution in [0, 0.1) is 23.7 Å². The van der Waals surface area contributed by atoms with Crippen LogP contribution in [0.5, 0.6) is 0 Å². The third kappa shape index (κ3) is 2.49. The smallest absolute Gasteiger partial charge is 0.247 e. The van der Waals surface area contributed by atoms with E-state index in [1.54, 1.807) is 4.90 Å². The summed E-state index contributed by atoms with van der Waals surface area (Å²) in [7, 11) is 0. The predicted octanol–water partition coefficient (Wildman–Crippen LogP) is 3.43. The summed E-state index contributed by atoms with van der Waals surface area (Å²) in [5, 5.41) is 9.44. The van der Waals surface area contributed by atoms with Crippen molar-refractivity contribution in [1.29, 1.82) is 5.26 Å². The van der Waals surface area contributed by atoms with Crippen molar-refractivity contribution in [3.05, 3.63) is 29.8 Å². The lowest BCUT2D eigenvalue weighted by molar-refractivity contribution is -0.125. The molecule has 1 aromatic carbocycles. The second kappa shape index (κ2) is 5.44. The topological polar surface area (TPSA) is 44.1 Å². The number of nitrogens with zero attached hydrogens (tertiary/aromatic N) is 2. The normalized spacial score (nSPS) is 16.9. The van der Waals surface area contributed by atoms with Crippen LogP contribution in [0.15, 0.2) is 24.3 Å². The van der Waals surface area contributed by atoms with E-state index in [4.69, 9.17) is 0 Å².